The van der Waals surface area contributed by atoms with E-state index in [4.69, 9.17) is 0 Å². The first-order valence-electron chi connectivity index (χ1n) is 5.88. The van der Waals surface area contributed by atoms with Crippen molar-refractivity contribution in [1.29, 1.82) is 0 Å². The first-order valence-corrected chi connectivity index (χ1v) is 5.88. The van der Waals surface area contributed by atoms with Gasteiger partial charge in [0.2, 0.25) is 0 Å². The number of piperidine rings is 1. The highest BCUT2D eigenvalue weighted by atomic mass is 19.5. The van der Waals surface area contributed by atoms with Crippen molar-refractivity contribution in [3.8, 4) is 0 Å². The molecule has 1 rings (SSSR count). The second-order valence-corrected chi connectivity index (χ2v) is 4.38. The summed E-state index contributed by atoms with van der Waals surface area (Å²) in [5, 5.41) is 0. The zero-order valence-electron chi connectivity index (χ0n) is 10.1. The fourth-order valence-electron chi connectivity index (χ4n) is 1.84. The zero-order chi connectivity index (χ0) is 12.6. The molecule has 16 heavy (non-hydrogen) atoms. The van der Waals surface area contributed by atoms with Crippen LogP contribution in [0, 0.1) is 5.92 Å². The highest BCUT2D eigenvalue weighted by Gasteiger charge is 2.20. The van der Waals surface area contributed by atoms with Crippen LogP contribution in [0.15, 0.2) is 0 Å². The number of unbranched alkanes of at least 4 members (excludes halogenated alkanes) is 1. The molecule has 0 bridgehead atoms. The molecule has 1 aliphatic heterocycles. The van der Waals surface area contributed by atoms with E-state index in [0.29, 0.717) is 0 Å². The molecule has 0 aromatic rings. The van der Waals surface area contributed by atoms with Crippen molar-refractivity contribution < 1.29 is 17.3 Å². The predicted octanol–water partition coefficient (Wildman–Crippen LogP) is 3.82. The molecule has 6 heteroatoms. The molecular weight excluding hydrogens is 221 g/mol. The Bertz CT molecular complexity index is 158. The fraction of sp³-hybridized carbons (Fsp3) is 1.00. The third-order valence-corrected chi connectivity index (χ3v) is 2.80. The zero-order valence-corrected chi connectivity index (χ0v) is 10.1. The second kappa shape index (κ2) is 7.93. The predicted molar refractivity (Wildman–Crippen MR) is 59.9 cm³/mol. The summed E-state index contributed by atoms with van der Waals surface area (Å²) in [6, 6.07) is 0. The molecule has 0 radical (unpaired) electrons. The SMILES string of the molecule is CCCCC1CCN(C)CC1.F[B-](F)(F)F. The van der Waals surface area contributed by atoms with Crippen molar-refractivity contribution in [2.45, 2.75) is 39.0 Å². The van der Waals surface area contributed by atoms with Gasteiger partial charge in [-0.05, 0) is 38.9 Å². The number of likely N-dealkylation sites (tertiary alicyclic amines) is 1. The molecule has 98 valence electrons. The Hall–Kier alpha value is -0.255. The van der Waals surface area contributed by atoms with Gasteiger partial charge in [0.15, 0.2) is 0 Å². The lowest BCUT2D eigenvalue weighted by molar-refractivity contribution is 0.210. The lowest BCUT2D eigenvalue weighted by atomic mass is 9.92. The van der Waals surface area contributed by atoms with Crippen molar-refractivity contribution in [2.24, 2.45) is 5.92 Å². The van der Waals surface area contributed by atoms with Gasteiger partial charge >= 0.3 is 7.25 Å². The Morgan fingerprint density at radius 2 is 1.56 bits per heavy atom. The fourth-order valence-corrected chi connectivity index (χ4v) is 1.84. The summed E-state index contributed by atoms with van der Waals surface area (Å²) in [6.45, 7) is 4.94. The standard InChI is InChI=1S/C10H21N.BF4/c1-3-4-5-10-6-8-11(2)9-7-10;2-1(3,4)5/h10H,3-9H2,1-2H3;/q;-1. The molecule has 1 heterocycles. The topological polar surface area (TPSA) is 3.24 Å². The van der Waals surface area contributed by atoms with E-state index in [1.807, 2.05) is 0 Å². The van der Waals surface area contributed by atoms with Crippen LogP contribution >= 0.6 is 0 Å². The summed E-state index contributed by atoms with van der Waals surface area (Å²) in [5.41, 5.74) is 0. The molecule has 0 saturated carbocycles. The molecule has 0 aromatic heterocycles. The van der Waals surface area contributed by atoms with Crippen LogP contribution in [-0.2, 0) is 0 Å². The summed E-state index contributed by atoms with van der Waals surface area (Å²) in [4.78, 5) is 2.45. The smallest absolute Gasteiger partial charge is 0.418 e. The van der Waals surface area contributed by atoms with Crippen LogP contribution in [0.5, 0.6) is 0 Å². The molecular formula is C10H21BF4N-. The van der Waals surface area contributed by atoms with E-state index in [1.165, 1.54) is 45.2 Å². The quantitative estimate of drug-likeness (QED) is 0.537. The van der Waals surface area contributed by atoms with Crippen molar-refractivity contribution in [2.75, 3.05) is 20.1 Å². The number of hydrogen-bond acceptors (Lipinski definition) is 1. The van der Waals surface area contributed by atoms with Crippen molar-refractivity contribution in [3.05, 3.63) is 0 Å². The molecule has 1 nitrogen and oxygen atoms in total. The lowest BCUT2D eigenvalue weighted by Crippen LogP contribution is -2.30. The summed E-state index contributed by atoms with van der Waals surface area (Å²) in [6.07, 6.45) is 7.16. The van der Waals surface area contributed by atoms with Gasteiger partial charge in [0, 0.05) is 0 Å². The Kier molecular flexibility index (Phi) is 7.80. The summed E-state index contributed by atoms with van der Waals surface area (Å²) >= 11 is 0. The number of rotatable bonds is 3. The van der Waals surface area contributed by atoms with Gasteiger partial charge in [-0.1, -0.05) is 26.2 Å². The largest absolute Gasteiger partial charge is 0.673 e. The van der Waals surface area contributed by atoms with E-state index >= 15 is 0 Å². The van der Waals surface area contributed by atoms with Crippen LogP contribution in [-0.4, -0.2) is 32.3 Å². The average Bonchev–Trinajstić information content (AvgIpc) is 2.14. The maximum absolute atomic E-state index is 9.75. The Balaban J connectivity index is 0.000000385. The summed E-state index contributed by atoms with van der Waals surface area (Å²) in [7, 11) is -3.77. The van der Waals surface area contributed by atoms with Gasteiger partial charge in [-0.2, -0.15) is 0 Å². The van der Waals surface area contributed by atoms with E-state index in [1.54, 1.807) is 0 Å². The van der Waals surface area contributed by atoms with Gasteiger partial charge in [0.1, 0.15) is 0 Å². The maximum atomic E-state index is 9.75. The molecule has 0 spiro atoms. The summed E-state index contributed by atoms with van der Waals surface area (Å²) in [5.74, 6) is 1.05. The van der Waals surface area contributed by atoms with E-state index < -0.39 is 7.25 Å². The van der Waals surface area contributed by atoms with Crippen LogP contribution < -0.4 is 0 Å². The van der Waals surface area contributed by atoms with Crippen LogP contribution in [0.25, 0.3) is 0 Å². The van der Waals surface area contributed by atoms with Gasteiger partial charge in [-0.25, -0.2) is 0 Å². The third-order valence-electron chi connectivity index (χ3n) is 2.80. The lowest BCUT2D eigenvalue weighted by Gasteiger charge is -2.28. The van der Waals surface area contributed by atoms with Crippen molar-refractivity contribution >= 4 is 7.25 Å². The van der Waals surface area contributed by atoms with E-state index in [2.05, 4.69) is 18.9 Å². The molecule has 0 amide bonds. The first kappa shape index (κ1) is 15.7. The monoisotopic (exact) mass is 242 g/mol. The Morgan fingerprint density at radius 3 is 1.94 bits per heavy atom. The van der Waals surface area contributed by atoms with Gasteiger partial charge in [-0.15, -0.1) is 0 Å². The minimum atomic E-state index is -6.00. The Labute approximate surface area is 95.3 Å². The maximum Gasteiger partial charge on any atom is 0.673 e. The molecule has 1 saturated heterocycles. The van der Waals surface area contributed by atoms with E-state index in [0.717, 1.165) is 5.92 Å². The second-order valence-electron chi connectivity index (χ2n) is 4.38. The number of hydrogen-bond donors (Lipinski definition) is 0. The Morgan fingerprint density at radius 1 is 1.12 bits per heavy atom. The van der Waals surface area contributed by atoms with Gasteiger partial charge < -0.3 is 22.2 Å². The number of halogens is 4. The third kappa shape index (κ3) is 11.8. The van der Waals surface area contributed by atoms with Crippen molar-refractivity contribution in [3.63, 3.8) is 0 Å². The molecule has 0 N–H and O–H groups in total. The molecule has 1 fully saturated rings. The summed E-state index contributed by atoms with van der Waals surface area (Å²) < 4.78 is 39.0. The first-order chi connectivity index (χ1) is 7.33. The highest BCUT2D eigenvalue weighted by molar-refractivity contribution is 6.50. The average molecular weight is 242 g/mol. The normalized spacial score (nSPS) is 19.1. The van der Waals surface area contributed by atoms with E-state index in [9.17, 15) is 17.3 Å². The van der Waals surface area contributed by atoms with Gasteiger partial charge in [0.25, 0.3) is 0 Å². The molecule has 0 unspecified atom stereocenters. The highest BCUT2D eigenvalue weighted by Crippen LogP contribution is 2.21. The minimum Gasteiger partial charge on any atom is -0.418 e. The van der Waals surface area contributed by atoms with Crippen LogP contribution in [0.1, 0.15) is 39.0 Å². The number of nitrogens with zero attached hydrogens (tertiary/aromatic N) is 1. The van der Waals surface area contributed by atoms with Crippen LogP contribution in [0.3, 0.4) is 0 Å². The molecule has 0 aliphatic carbocycles. The van der Waals surface area contributed by atoms with Crippen LogP contribution in [0.2, 0.25) is 0 Å². The van der Waals surface area contributed by atoms with Gasteiger partial charge in [-0.3, -0.25) is 0 Å². The van der Waals surface area contributed by atoms with Crippen molar-refractivity contribution in [1.82, 2.24) is 4.90 Å². The minimum absolute atomic E-state index is 1.05. The van der Waals surface area contributed by atoms with E-state index in [-0.39, 0.29) is 0 Å². The molecule has 0 aromatic carbocycles. The van der Waals surface area contributed by atoms with Gasteiger partial charge in [0.05, 0.1) is 0 Å². The molecule has 1 aliphatic rings. The molecule has 0 atom stereocenters. The van der Waals surface area contributed by atoms with Crippen LogP contribution in [0.4, 0.5) is 17.3 Å².